The minimum absolute atomic E-state index is 0.190. The fourth-order valence-corrected chi connectivity index (χ4v) is 2.80. The Bertz CT molecular complexity index is 535. The Morgan fingerprint density at radius 1 is 1.33 bits per heavy atom. The van der Waals surface area contributed by atoms with Crippen molar-refractivity contribution in [1.82, 2.24) is 10.6 Å². The summed E-state index contributed by atoms with van der Waals surface area (Å²) in [5.74, 6) is 1.60. The average molecular weight is 354 g/mol. The molecule has 134 valence electrons. The van der Waals surface area contributed by atoms with E-state index in [0.717, 1.165) is 43.5 Å². The molecule has 0 bridgehead atoms. The first-order valence-electron chi connectivity index (χ1n) is 8.36. The number of aliphatic imine (C=N–C) groups is 1. The molecular weight excluding hydrogens is 327 g/mol. The summed E-state index contributed by atoms with van der Waals surface area (Å²) in [6, 6.07) is 5.38. The van der Waals surface area contributed by atoms with Gasteiger partial charge in [0.2, 0.25) is 0 Å². The third-order valence-electron chi connectivity index (χ3n) is 3.73. The minimum atomic E-state index is -0.190. The van der Waals surface area contributed by atoms with Gasteiger partial charge in [-0.15, -0.1) is 0 Å². The second-order valence-electron chi connectivity index (χ2n) is 5.50. The second-order valence-corrected chi connectivity index (χ2v) is 6.49. The molecule has 1 fully saturated rings. The molecule has 1 saturated heterocycles. The van der Waals surface area contributed by atoms with Crippen molar-refractivity contribution in [1.29, 1.82) is 0 Å². The van der Waals surface area contributed by atoms with Gasteiger partial charge >= 0.3 is 0 Å². The molecule has 24 heavy (non-hydrogen) atoms. The van der Waals surface area contributed by atoms with E-state index < -0.39 is 0 Å². The Labute approximate surface area is 148 Å². The number of ether oxygens (including phenoxy) is 1. The first kappa shape index (κ1) is 18.9. The Morgan fingerprint density at radius 2 is 2.12 bits per heavy atom. The fraction of sp³-hybridized carbons (Fsp3) is 0.588. The molecule has 1 heterocycles. The number of halogens is 1. The van der Waals surface area contributed by atoms with Gasteiger partial charge in [0.1, 0.15) is 5.82 Å². The van der Waals surface area contributed by atoms with E-state index >= 15 is 0 Å². The maximum Gasteiger partial charge on any atom is 0.191 e. The summed E-state index contributed by atoms with van der Waals surface area (Å²) < 4.78 is 19.7. The van der Waals surface area contributed by atoms with Crippen LogP contribution in [0, 0.1) is 5.82 Å². The highest BCUT2D eigenvalue weighted by atomic mass is 32.2. The lowest BCUT2D eigenvalue weighted by atomic mass is 10.1. The molecule has 5 nitrogen and oxygen atoms in total. The van der Waals surface area contributed by atoms with Crippen LogP contribution in [-0.2, 0) is 11.3 Å². The van der Waals surface area contributed by atoms with E-state index in [-0.39, 0.29) is 5.82 Å². The van der Waals surface area contributed by atoms with Crippen LogP contribution in [0.1, 0.15) is 12.5 Å². The normalized spacial score (nSPS) is 15.5. The number of morpholine rings is 1. The van der Waals surface area contributed by atoms with Crippen molar-refractivity contribution in [3.05, 3.63) is 29.6 Å². The molecule has 0 aliphatic carbocycles. The number of hydrogen-bond acceptors (Lipinski definition) is 4. The lowest BCUT2D eigenvalue weighted by Crippen LogP contribution is -2.38. The lowest BCUT2D eigenvalue weighted by molar-refractivity contribution is 0.122. The van der Waals surface area contributed by atoms with E-state index in [1.54, 1.807) is 17.8 Å². The van der Waals surface area contributed by atoms with Gasteiger partial charge in [-0.3, -0.25) is 0 Å². The third-order valence-corrected chi connectivity index (χ3v) is 4.34. The van der Waals surface area contributed by atoms with Gasteiger partial charge < -0.3 is 20.3 Å². The maximum atomic E-state index is 14.4. The molecule has 2 N–H and O–H groups in total. The van der Waals surface area contributed by atoms with Crippen molar-refractivity contribution in [3.63, 3.8) is 0 Å². The van der Waals surface area contributed by atoms with Gasteiger partial charge in [-0.25, -0.2) is 9.38 Å². The van der Waals surface area contributed by atoms with Crippen LogP contribution in [0.15, 0.2) is 23.2 Å². The van der Waals surface area contributed by atoms with Crippen LogP contribution in [0.5, 0.6) is 0 Å². The van der Waals surface area contributed by atoms with Gasteiger partial charge in [0, 0.05) is 31.9 Å². The molecule has 1 aliphatic rings. The molecule has 0 spiro atoms. The van der Waals surface area contributed by atoms with E-state index in [1.807, 2.05) is 24.0 Å². The fourth-order valence-electron chi connectivity index (χ4n) is 2.49. The molecule has 2 rings (SSSR count). The number of rotatable bonds is 7. The van der Waals surface area contributed by atoms with Crippen LogP contribution in [0.3, 0.4) is 0 Å². The summed E-state index contributed by atoms with van der Waals surface area (Å²) in [6.07, 6.45) is 2.07. The number of nitrogens with zero attached hydrogens (tertiary/aromatic N) is 2. The number of benzene rings is 1. The first-order valence-corrected chi connectivity index (χ1v) is 9.76. The van der Waals surface area contributed by atoms with E-state index in [2.05, 4.69) is 21.9 Å². The number of nitrogens with one attached hydrogen (secondary N) is 2. The Morgan fingerprint density at radius 3 is 2.79 bits per heavy atom. The van der Waals surface area contributed by atoms with Crippen molar-refractivity contribution in [2.45, 2.75) is 13.5 Å². The van der Waals surface area contributed by atoms with Crippen molar-refractivity contribution < 1.29 is 9.13 Å². The molecule has 1 aromatic rings. The lowest BCUT2D eigenvalue weighted by Gasteiger charge is -2.29. The molecule has 0 aromatic heterocycles. The van der Waals surface area contributed by atoms with Gasteiger partial charge in [0.15, 0.2) is 5.96 Å². The standard InChI is InChI=1S/C17H27FN4OS/c1-3-19-17(20-6-11-24-2)21-13-14-4-5-16(15(18)12-14)22-7-9-23-10-8-22/h4-5,12H,3,6-11,13H2,1-2H3,(H2,19,20,21). The zero-order chi connectivity index (χ0) is 17.2. The van der Waals surface area contributed by atoms with E-state index in [9.17, 15) is 4.39 Å². The number of anilines is 1. The van der Waals surface area contributed by atoms with Crippen molar-refractivity contribution >= 4 is 23.4 Å². The van der Waals surface area contributed by atoms with Crippen LogP contribution in [0.25, 0.3) is 0 Å². The Balaban J connectivity index is 1.97. The van der Waals surface area contributed by atoms with E-state index in [0.29, 0.717) is 25.4 Å². The Kier molecular flexibility index (Phi) is 8.18. The van der Waals surface area contributed by atoms with Crippen LogP contribution in [-0.4, -0.2) is 57.4 Å². The SMILES string of the molecule is CCNC(=NCc1ccc(N2CCOCC2)c(F)c1)NCCSC. The van der Waals surface area contributed by atoms with Gasteiger partial charge in [-0.2, -0.15) is 11.8 Å². The van der Waals surface area contributed by atoms with Crippen LogP contribution >= 0.6 is 11.8 Å². The predicted molar refractivity (Wildman–Crippen MR) is 101 cm³/mol. The third kappa shape index (κ3) is 5.87. The predicted octanol–water partition coefficient (Wildman–Crippen LogP) is 2.08. The van der Waals surface area contributed by atoms with Crippen molar-refractivity contribution in [2.24, 2.45) is 4.99 Å². The quantitative estimate of drug-likeness (QED) is 0.446. The zero-order valence-corrected chi connectivity index (χ0v) is 15.3. The molecule has 0 saturated carbocycles. The molecule has 0 atom stereocenters. The summed E-state index contributed by atoms with van der Waals surface area (Å²) in [5.41, 5.74) is 1.52. The second kappa shape index (κ2) is 10.4. The molecular formula is C17H27FN4OS. The first-order chi connectivity index (χ1) is 11.7. The molecule has 1 aliphatic heterocycles. The highest BCUT2D eigenvalue weighted by molar-refractivity contribution is 7.98. The summed E-state index contributed by atoms with van der Waals surface area (Å²) in [7, 11) is 0. The molecule has 0 amide bonds. The monoisotopic (exact) mass is 354 g/mol. The summed E-state index contributed by atoms with van der Waals surface area (Å²) in [4.78, 5) is 6.55. The van der Waals surface area contributed by atoms with Gasteiger partial charge in [0.05, 0.1) is 25.4 Å². The molecule has 0 unspecified atom stereocenters. The minimum Gasteiger partial charge on any atom is -0.378 e. The van der Waals surface area contributed by atoms with Crippen molar-refractivity contribution in [2.75, 3.05) is 56.3 Å². The smallest absolute Gasteiger partial charge is 0.191 e. The highest BCUT2D eigenvalue weighted by Gasteiger charge is 2.15. The van der Waals surface area contributed by atoms with Crippen LogP contribution in [0.2, 0.25) is 0 Å². The van der Waals surface area contributed by atoms with Gasteiger partial charge in [0.25, 0.3) is 0 Å². The van der Waals surface area contributed by atoms with Crippen LogP contribution < -0.4 is 15.5 Å². The number of guanidine groups is 1. The largest absolute Gasteiger partial charge is 0.378 e. The molecule has 1 aromatic carbocycles. The Hall–Kier alpha value is -1.47. The summed E-state index contributed by atoms with van der Waals surface area (Å²) >= 11 is 1.78. The topological polar surface area (TPSA) is 48.9 Å². The van der Waals surface area contributed by atoms with Gasteiger partial charge in [-0.1, -0.05) is 6.07 Å². The number of thioether (sulfide) groups is 1. The highest BCUT2D eigenvalue weighted by Crippen LogP contribution is 2.21. The van der Waals surface area contributed by atoms with Gasteiger partial charge in [-0.05, 0) is 30.9 Å². The summed E-state index contributed by atoms with van der Waals surface area (Å²) in [5, 5.41) is 6.47. The van der Waals surface area contributed by atoms with Crippen LogP contribution in [0.4, 0.5) is 10.1 Å². The molecule has 0 radical (unpaired) electrons. The zero-order valence-electron chi connectivity index (χ0n) is 14.5. The average Bonchev–Trinajstić information content (AvgIpc) is 2.60. The maximum absolute atomic E-state index is 14.4. The van der Waals surface area contributed by atoms with E-state index in [1.165, 1.54) is 0 Å². The molecule has 7 heteroatoms. The summed E-state index contributed by atoms with van der Waals surface area (Å²) in [6.45, 7) is 6.92. The number of hydrogen-bond donors (Lipinski definition) is 2. The van der Waals surface area contributed by atoms with E-state index in [4.69, 9.17) is 4.74 Å². The van der Waals surface area contributed by atoms with Crippen molar-refractivity contribution in [3.8, 4) is 0 Å².